The zero-order valence-electron chi connectivity index (χ0n) is 16.2. The zero-order valence-corrected chi connectivity index (χ0v) is 17.0. The first-order valence-electron chi connectivity index (χ1n) is 10.3. The van der Waals surface area contributed by atoms with Crippen molar-refractivity contribution in [1.82, 2.24) is 4.31 Å². The Kier molecular flexibility index (Phi) is 5.38. The molecule has 144 valence electrons. The van der Waals surface area contributed by atoms with Crippen LogP contribution in [0.25, 0.3) is 0 Å². The summed E-state index contributed by atoms with van der Waals surface area (Å²) in [5, 5.41) is 0. The van der Waals surface area contributed by atoms with E-state index in [0.717, 1.165) is 50.5 Å². The number of hydrogen-bond acceptors (Lipinski definition) is 2. The molecule has 2 aromatic carbocycles. The van der Waals surface area contributed by atoms with E-state index in [4.69, 9.17) is 0 Å². The standard InChI is InChI=1S/C23H29NO2S/c1-18-10-12-20(13-11-18)23-9-3-2-6-16-24(23)27(25,26)22-15-14-19-7-4-5-8-21(19)17-22/h10-15,17,23H,2-9,16H2,1H3/t23-/m1/s1. The average Bonchev–Trinajstić information content (AvgIpc) is 2.95. The van der Waals surface area contributed by atoms with Gasteiger partial charge in [0.2, 0.25) is 10.0 Å². The molecule has 2 aliphatic rings. The lowest BCUT2D eigenvalue weighted by Gasteiger charge is -2.30. The number of benzene rings is 2. The van der Waals surface area contributed by atoms with Gasteiger partial charge in [-0.25, -0.2) is 8.42 Å². The highest BCUT2D eigenvalue weighted by atomic mass is 32.2. The number of rotatable bonds is 3. The van der Waals surface area contributed by atoms with E-state index in [1.54, 1.807) is 4.31 Å². The Morgan fingerprint density at radius 1 is 0.852 bits per heavy atom. The van der Waals surface area contributed by atoms with Crippen LogP contribution in [-0.4, -0.2) is 19.3 Å². The van der Waals surface area contributed by atoms with Crippen molar-refractivity contribution in [2.45, 2.75) is 69.2 Å². The van der Waals surface area contributed by atoms with Gasteiger partial charge in [-0.05, 0) is 74.3 Å². The fraction of sp³-hybridized carbons (Fsp3) is 0.478. The smallest absolute Gasteiger partial charge is 0.207 e. The highest BCUT2D eigenvalue weighted by molar-refractivity contribution is 7.89. The lowest BCUT2D eigenvalue weighted by atomic mass is 9.92. The molecule has 0 unspecified atom stereocenters. The number of hydrogen-bond donors (Lipinski definition) is 0. The van der Waals surface area contributed by atoms with Gasteiger partial charge in [0.15, 0.2) is 0 Å². The van der Waals surface area contributed by atoms with Gasteiger partial charge in [-0.1, -0.05) is 48.7 Å². The van der Waals surface area contributed by atoms with Gasteiger partial charge >= 0.3 is 0 Å². The van der Waals surface area contributed by atoms with Crippen LogP contribution in [-0.2, 0) is 22.9 Å². The Morgan fingerprint density at radius 2 is 1.59 bits per heavy atom. The van der Waals surface area contributed by atoms with Crippen molar-refractivity contribution < 1.29 is 8.42 Å². The third kappa shape index (κ3) is 3.83. The Morgan fingerprint density at radius 3 is 2.37 bits per heavy atom. The molecular weight excluding hydrogens is 354 g/mol. The molecule has 1 saturated heterocycles. The first kappa shape index (κ1) is 18.7. The zero-order chi connectivity index (χ0) is 18.9. The Balaban J connectivity index is 1.71. The molecule has 0 spiro atoms. The van der Waals surface area contributed by atoms with Gasteiger partial charge in [-0.2, -0.15) is 4.31 Å². The van der Waals surface area contributed by atoms with E-state index >= 15 is 0 Å². The van der Waals surface area contributed by atoms with Crippen LogP contribution in [0.15, 0.2) is 47.4 Å². The minimum Gasteiger partial charge on any atom is -0.207 e. The number of sulfonamides is 1. The second kappa shape index (κ2) is 7.76. The fourth-order valence-electron chi connectivity index (χ4n) is 4.50. The van der Waals surface area contributed by atoms with Gasteiger partial charge in [-0.3, -0.25) is 0 Å². The molecule has 4 heteroatoms. The third-order valence-electron chi connectivity index (χ3n) is 6.09. The second-order valence-corrected chi connectivity index (χ2v) is 9.92. The summed E-state index contributed by atoms with van der Waals surface area (Å²) in [4.78, 5) is 0.474. The Bertz CT molecular complexity index is 902. The monoisotopic (exact) mass is 383 g/mol. The van der Waals surface area contributed by atoms with Crippen LogP contribution in [0.3, 0.4) is 0 Å². The normalized spacial score (nSPS) is 21.4. The van der Waals surface area contributed by atoms with Gasteiger partial charge in [0.1, 0.15) is 0 Å². The molecule has 2 aromatic rings. The Hall–Kier alpha value is -1.65. The first-order chi connectivity index (χ1) is 13.1. The van der Waals surface area contributed by atoms with Crippen LogP contribution in [0.2, 0.25) is 0 Å². The van der Waals surface area contributed by atoms with Crippen LogP contribution >= 0.6 is 0 Å². The average molecular weight is 384 g/mol. The Labute approximate surface area is 163 Å². The summed E-state index contributed by atoms with van der Waals surface area (Å²) in [5.74, 6) is 0. The lowest BCUT2D eigenvalue weighted by Crippen LogP contribution is -2.35. The van der Waals surface area contributed by atoms with Crippen molar-refractivity contribution in [2.75, 3.05) is 6.54 Å². The molecule has 0 saturated carbocycles. The van der Waals surface area contributed by atoms with E-state index in [2.05, 4.69) is 31.2 Å². The minimum atomic E-state index is -3.49. The van der Waals surface area contributed by atoms with Crippen molar-refractivity contribution in [1.29, 1.82) is 0 Å². The molecule has 0 aromatic heterocycles. The van der Waals surface area contributed by atoms with E-state index in [9.17, 15) is 8.42 Å². The molecule has 0 amide bonds. The van der Waals surface area contributed by atoms with E-state index in [1.165, 1.54) is 23.1 Å². The van der Waals surface area contributed by atoms with Crippen molar-refractivity contribution in [3.8, 4) is 0 Å². The van der Waals surface area contributed by atoms with E-state index in [0.29, 0.717) is 11.4 Å². The first-order valence-corrected chi connectivity index (χ1v) is 11.7. The quantitative estimate of drug-likeness (QED) is 0.732. The molecule has 1 aliphatic carbocycles. The van der Waals surface area contributed by atoms with Gasteiger partial charge in [0.05, 0.1) is 10.9 Å². The molecular formula is C23H29NO2S. The lowest BCUT2D eigenvalue weighted by molar-refractivity contribution is 0.329. The summed E-state index contributed by atoms with van der Waals surface area (Å²) in [6.45, 7) is 2.68. The minimum absolute atomic E-state index is 0.0610. The molecule has 1 heterocycles. The summed E-state index contributed by atoms with van der Waals surface area (Å²) in [6.07, 6.45) is 8.45. The van der Waals surface area contributed by atoms with Crippen LogP contribution in [0, 0.1) is 6.92 Å². The van der Waals surface area contributed by atoms with Gasteiger partial charge in [0, 0.05) is 6.54 Å². The summed E-state index contributed by atoms with van der Waals surface area (Å²) in [5.41, 5.74) is 4.87. The van der Waals surface area contributed by atoms with Crippen molar-refractivity contribution >= 4 is 10.0 Å². The number of aryl methyl sites for hydroxylation is 3. The molecule has 1 aliphatic heterocycles. The highest BCUT2D eigenvalue weighted by Crippen LogP contribution is 2.35. The molecule has 0 radical (unpaired) electrons. The van der Waals surface area contributed by atoms with Gasteiger partial charge < -0.3 is 0 Å². The van der Waals surface area contributed by atoms with Crippen molar-refractivity contribution in [2.24, 2.45) is 0 Å². The van der Waals surface area contributed by atoms with Crippen LogP contribution in [0.1, 0.15) is 66.8 Å². The summed E-state index contributed by atoms with van der Waals surface area (Å²) >= 11 is 0. The van der Waals surface area contributed by atoms with Crippen molar-refractivity contribution in [3.05, 3.63) is 64.7 Å². The molecule has 0 N–H and O–H groups in total. The van der Waals surface area contributed by atoms with Crippen LogP contribution in [0.5, 0.6) is 0 Å². The third-order valence-corrected chi connectivity index (χ3v) is 8.00. The van der Waals surface area contributed by atoms with E-state index < -0.39 is 10.0 Å². The number of nitrogens with zero attached hydrogens (tertiary/aromatic N) is 1. The summed E-state index contributed by atoms with van der Waals surface area (Å²) in [7, 11) is -3.49. The molecule has 0 bridgehead atoms. The molecule has 27 heavy (non-hydrogen) atoms. The SMILES string of the molecule is Cc1ccc([C@H]2CCCCCN2S(=O)(=O)c2ccc3c(c2)CCCC3)cc1. The predicted molar refractivity (Wildman–Crippen MR) is 109 cm³/mol. The number of fused-ring (bicyclic) bond motifs is 1. The largest absolute Gasteiger partial charge is 0.243 e. The predicted octanol–water partition coefficient (Wildman–Crippen LogP) is 5.18. The topological polar surface area (TPSA) is 37.4 Å². The van der Waals surface area contributed by atoms with E-state index in [-0.39, 0.29) is 6.04 Å². The van der Waals surface area contributed by atoms with Crippen LogP contribution in [0.4, 0.5) is 0 Å². The maximum Gasteiger partial charge on any atom is 0.243 e. The van der Waals surface area contributed by atoms with Crippen LogP contribution < -0.4 is 0 Å². The summed E-state index contributed by atoms with van der Waals surface area (Å²) < 4.78 is 29.0. The van der Waals surface area contributed by atoms with Crippen molar-refractivity contribution in [3.63, 3.8) is 0 Å². The molecule has 3 nitrogen and oxygen atoms in total. The highest BCUT2D eigenvalue weighted by Gasteiger charge is 2.33. The molecule has 1 fully saturated rings. The molecule has 4 rings (SSSR count). The van der Waals surface area contributed by atoms with E-state index in [1.807, 2.05) is 18.2 Å². The molecule has 1 atom stereocenters. The summed E-state index contributed by atoms with van der Waals surface area (Å²) in [6, 6.07) is 14.1. The maximum atomic E-state index is 13.6. The fourth-order valence-corrected chi connectivity index (χ4v) is 6.23. The van der Waals surface area contributed by atoms with Gasteiger partial charge in [-0.15, -0.1) is 0 Å². The maximum absolute atomic E-state index is 13.6. The van der Waals surface area contributed by atoms with Gasteiger partial charge in [0.25, 0.3) is 0 Å². The second-order valence-electron chi connectivity index (χ2n) is 8.03.